The summed E-state index contributed by atoms with van der Waals surface area (Å²) in [5.41, 5.74) is 7.24. The summed E-state index contributed by atoms with van der Waals surface area (Å²) in [5, 5.41) is 2.55. The Kier molecular flexibility index (Phi) is 5.48. The van der Waals surface area contributed by atoms with Crippen LogP contribution in [0.1, 0.15) is 11.3 Å². The molecule has 1 amide bonds. The van der Waals surface area contributed by atoms with Gasteiger partial charge in [0, 0.05) is 6.54 Å². The molecular formula is C16H16FN3O2. The van der Waals surface area contributed by atoms with Crippen molar-refractivity contribution >= 4 is 17.9 Å². The van der Waals surface area contributed by atoms with E-state index in [-0.39, 0.29) is 13.2 Å². The van der Waals surface area contributed by atoms with E-state index in [0.29, 0.717) is 11.4 Å². The van der Waals surface area contributed by atoms with E-state index in [0.717, 1.165) is 5.56 Å². The Morgan fingerprint density at radius 2 is 2.05 bits per heavy atom. The largest absolute Gasteiger partial charge is 0.445 e. The van der Waals surface area contributed by atoms with Gasteiger partial charge in [0.25, 0.3) is 0 Å². The number of alkyl carbamates (subject to hydrolysis) is 1. The lowest BCUT2D eigenvalue weighted by Gasteiger charge is -2.05. The van der Waals surface area contributed by atoms with Crippen molar-refractivity contribution in [2.24, 2.45) is 0 Å². The normalized spacial score (nSPS) is 10.6. The number of amides is 1. The fourth-order valence-electron chi connectivity index (χ4n) is 1.68. The molecule has 0 aliphatic carbocycles. The van der Waals surface area contributed by atoms with Crippen LogP contribution < -0.4 is 11.1 Å². The van der Waals surface area contributed by atoms with Crippen LogP contribution in [0.2, 0.25) is 0 Å². The van der Waals surface area contributed by atoms with Crippen molar-refractivity contribution in [2.75, 3.05) is 12.3 Å². The molecule has 0 aliphatic rings. The van der Waals surface area contributed by atoms with Gasteiger partial charge < -0.3 is 15.8 Å². The SMILES string of the molecule is Nc1ccc(F)nc1C=CCNC(=O)OCc1ccccc1. The first kappa shape index (κ1) is 15.5. The van der Waals surface area contributed by atoms with Crippen LogP contribution in [-0.4, -0.2) is 17.6 Å². The Morgan fingerprint density at radius 3 is 2.82 bits per heavy atom. The second kappa shape index (κ2) is 7.78. The van der Waals surface area contributed by atoms with Gasteiger partial charge in [0.05, 0.1) is 11.4 Å². The summed E-state index contributed by atoms with van der Waals surface area (Å²) >= 11 is 0. The van der Waals surface area contributed by atoms with Crippen molar-refractivity contribution in [1.29, 1.82) is 0 Å². The highest BCUT2D eigenvalue weighted by Gasteiger charge is 2.01. The fourth-order valence-corrected chi connectivity index (χ4v) is 1.68. The number of hydrogen-bond acceptors (Lipinski definition) is 4. The monoisotopic (exact) mass is 301 g/mol. The van der Waals surface area contributed by atoms with E-state index in [4.69, 9.17) is 10.5 Å². The molecule has 6 heteroatoms. The summed E-state index contributed by atoms with van der Waals surface area (Å²) in [6.45, 7) is 0.431. The van der Waals surface area contributed by atoms with Gasteiger partial charge in [-0.2, -0.15) is 4.39 Å². The minimum absolute atomic E-state index is 0.203. The molecule has 0 unspecified atom stereocenters. The van der Waals surface area contributed by atoms with Crippen LogP contribution in [0.4, 0.5) is 14.9 Å². The number of rotatable bonds is 5. The zero-order valence-electron chi connectivity index (χ0n) is 11.8. The Hall–Kier alpha value is -2.89. The van der Waals surface area contributed by atoms with Gasteiger partial charge in [0.2, 0.25) is 5.95 Å². The van der Waals surface area contributed by atoms with Crippen molar-refractivity contribution in [1.82, 2.24) is 10.3 Å². The van der Waals surface area contributed by atoms with E-state index >= 15 is 0 Å². The minimum atomic E-state index is -0.607. The molecule has 0 spiro atoms. The Morgan fingerprint density at radius 1 is 1.27 bits per heavy atom. The molecule has 0 atom stereocenters. The van der Waals surface area contributed by atoms with Crippen molar-refractivity contribution in [3.05, 3.63) is 65.7 Å². The number of ether oxygens (including phenoxy) is 1. The molecule has 3 N–H and O–H groups in total. The molecule has 5 nitrogen and oxygen atoms in total. The predicted octanol–water partition coefficient (Wildman–Crippen LogP) is 2.74. The first-order valence-electron chi connectivity index (χ1n) is 6.68. The number of benzene rings is 1. The molecule has 22 heavy (non-hydrogen) atoms. The average Bonchev–Trinajstić information content (AvgIpc) is 2.53. The van der Waals surface area contributed by atoms with Crippen molar-refractivity contribution < 1.29 is 13.9 Å². The van der Waals surface area contributed by atoms with Gasteiger partial charge in [-0.15, -0.1) is 0 Å². The summed E-state index contributed by atoms with van der Waals surface area (Å²) in [4.78, 5) is 15.1. The number of nitrogen functional groups attached to an aromatic ring is 1. The molecule has 2 rings (SSSR count). The van der Waals surface area contributed by atoms with Crippen LogP contribution >= 0.6 is 0 Å². The van der Waals surface area contributed by atoms with E-state index in [1.165, 1.54) is 18.2 Å². The Bertz CT molecular complexity index is 660. The number of halogens is 1. The Balaban J connectivity index is 1.75. The van der Waals surface area contributed by atoms with Crippen LogP contribution in [-0.2, 0) is 11.3 Å². The summed E-state index contributed by atoms with van der Waals surface area (Å²) < 4.78 is 18.0. The lowest BCUT2D eigenvalue weighted by atomic mass is 10.2. The zero-order chi connectivity index (χ0) is 15.8. The number of carbonyl (C=O) groups is 1. The van der Waals surface area contributed by atoms with E-state index in [1.54, 1.807) is 6.08 Å². The number of nitrogens with two attached hydrogens (primary N) is 1. The highest BCUT2D eigenvalue weighted by Crippen LogP contribution is 2.10. The first-order chi connectivity index (χ1) is 10.6. The first-order valence-corrected chi connectivity index (χ1v) is 6.68. The van der Waals surface area contributed by atoms with Gasteiger partial charge >= 0.3 is 6.09 Å². The second-order valence-electron chi connectivity index (χ2n) is 4.45. The third-order valence-electron chi connectivity index (χ3n) is 2.78. The topological polar surface area (TPSA) is 77.2 Å². The molecule has 1 aromatic heterocycles. The van der Waals surface area contributed by atoms with Gasteiger partial charge in [0.15, 0.2) is 0 Å². The molecule has 1 heterocycles. The molecule has 0 aliphatic heterocycles. The van der Waals surface area contributed by atoms with Crippen LogP contribution in [0.5, 0.6) is 0 Å². The molecule has 2 aromatic rings. The van der Waals surface area contributed by atoms with Gasteiger partial charge in [0.1, 0.15) is 6.61 Å². The van der Waals surface area contributed by atoms with Crippen LogP contribution in [0.15, 0.2) is 48.5 Å². The van der Waals surface area contributed by atoms with Crippen molar-refractivity contribution in [3.63, 3.8) is 0 Å². The number of aromatic nitrogens is 1. The summed E-state index contributed by atoms with van der Waals surface area (Å²) in [6, 6.07) is 12.0. The number of pyridine rings is 1. The van der Waals surface area contributed by atoms with E-state index in [9.17, 15) is 9.18 Å². The number of carbonyl (C=O) groups excluding carboxylic acids is 1. The van der Waals surface area contributed by atoms with Crippen LogP contribution in [0.3, 0.4) is 0 Å². The summed E-state index contributed by atoms with van der Waals surface area (Å²) in [7, 11) is 0. The third kappa shape index (κ3) is 4.90. The van der Waals surface area contributed by atoms with Gasteiger partial charge in [-0.3, -0.25) is 0 Å². The maximum Gasteiger partial charge on any atom is 0.407 e. The number of nitrogens with zero attached hydrogens (tertiary/aromatic N) is 1. The summed E-state index contributed by atoms with van der Waals surface area (Å²) in [5.74, 6) is -0.607. The highest BCUT2D eigenvalue weighted by atomic mass is 19.1. The lowest BCUT2D eigenvalue weighted by Crippen LogP contribution is -2.24. The van der Waals surface area contributed by atoms with E-state index in [1.807, 2.05) is 30.3 Å². The number of anilines is 1. The molecule has 0 radical (unpaired) electrons. The predicted molar refractivity (Wildman–Crippen MR) is 82.3 cm³/mol. The maximum atomic E-state index is 13.0. The summed E-state index contributed by atoms with van der Waals surface area (Å²) in [6.07, 6.45) is 2.62. The lowest BCUT2D eigenvalue weighted by molar-refractivity contribution is 0.141. The van der Waals surface area contributed by atoms with Gasteiger partial charge in [-0.1, -0.05) is 36.4 Å². The van der Waals surface area contributed by atoms with Crippen molar-refractivity contribution in [3.8, 4) is 0 Å². The fraction of sp³-hybridized carbons (Fsp3) is 0.125. The smallest absolute Gasteiger partial charge is 0.407 e. The average molecular weight is 301 g/mol. The molecule has 0 bridgehead atoms. The van der Waals surface area contributed by atoms with Crippen molar-refractivity contribution in [2.45, 2.75) is 6.61 Å². The second-order valence-corrected chi connectivity index (χ2v) is 4.45. The van der Waals surface area contributed by atoms with Crippen LogP contribution in [0.25, 0.3) is 6.08 Å². The molecule has 0 saturated heterocycles. The molecular weight excluding hydrogens is 285 g/mol. The highest BCUT2D eigenvalue weighted by molar-refractivity contribution is 5.68. The van der Waals surface area contributed by atoms with E-state index < -0.39 is 12.0 Å². The maximum absolute atomic E-state index is 13.0. The molecule has 0 saturated carbocycles. The molecule has 0 fully saturated rings. The van der Waals surface area contributed by atoms with Crippen LogP contribution in [0, 0.1) is 5.95 Å². The number of nitrogens with one attached hydrogen (secondary N) is 1. The standard InChI is InChI=1S/C16H16FN3O2/c17-15-9-8-13(18)14(20-15)7-4-10-19-16(21)22-11-12-5-2-1-3-6-12/h1-9H,10-11,18H2,(H,19,21). The van der Waals surface area contributed by atoms with Gasteiger partial charge in [-0.25, -0.2) is 9.78 Å². The Labute approximate surface area is 127 Å². The minimum Gasteiger partial charge on any atom is -0.445 e. The third-order valence-corrected chi connectivity index (χ3v) is 2.78. The van der Waals surface area contributed by atoms with Gasteiger partial charge in [-0.05, 0) is 23.8 Å². The zero-order valence-corrected chi connectivity index (χ0v) is 11.8. The molecule has 114 valence electrons. The number of hydrogen-bond donors (Lipinski definition) is 2. The quantitative estimate of drug-likeness (QED) is 0.832. The van der Waals surface area contributed by atoms with E-state index in [2.05, 4.69) is 10.3 Å². The molecule has 1 aromatic carbocycles.